The number of hydrogen-bond donors (Lipinski definition) is 0. The molecule has 1 heterocycles. The Morgan fingerprint density at radius 1 is 1.17 bits per heavy atom. The standard InChI is InChI=1S/C18H14N2O4/c1-11-7-8-12(2)13(9-11)10-15-18(21)24-17(19-15)14-5-3-4-6-16(14)20(22)23/h3-10H,1-2H3/b15-10+. The quantitative estimate of drug-likeness (QED) is 0.374. The fraction of sp³-hybridized carbons (Fsp3) is 0.111. The van der Waals surface area contributed by atoms with Crippen molar-refractivity contribution < 1.29 is 14.5 Å². The van der Waals surface area contributed by atoms with Crippen molar-refractivity contribution in [1.82, 2.24) is 0 Å². The van der Waals surface area contributed by atoms with Crippen molar-refractivity contribution >= 4 is 23.6 Å². The van der Waals surface area contributed by atoms with Crippen LogP contribution < -0.4 is 0 Å². The third-order valence-electron chi connectivity index (χ3n) is 3.68. The summed E-state index contributed by atoms with van der Waals surface area (Å²) in [6, 6.07) is 11.9. The Balaban J connectivity index is 2.04. The van der Waals surface area contributed by atoms with Crippen molar-refractivity contribution in [2.75, 3.05) is 0 Å². The van der Waals surface area contributed by atoms with Crippen molar-refractivity contribution in [2.45, 2.75) is 13.8 Å². The van der Waals surface area contributed by atoms with Gasteiger partial charge in [-0.1, -0.05) is 35.9 Å². The lowest BCUT2D eigenvalue weighted by Crippen LogP contribution is -2.07. The summed E-state index contributed by atoms with van der Waals surface area (Å²) in [5, 5.41) is 11.1. The maximum Gasteiger partial charge on any atom is 0.363 e. The van der Waals surface area contributed by atoms with E-state index in [2.05, 4.69) is 4.99 Å². The molecule has 1 aliphatic heterocycles. The zero-order chi connectivity index (χ0) is 17.3. The van der Waals surface area contributed by atoms with Gasteiger partial charge in [0.2, 0.25) is 5.90 Å². The second kappa shape index (κ2) is 6.08. The van der Waals surface area contributed by atoms with Gasteiger partial charge in [0.1, 0.15) is 5.56 Å². The smallest absolute Gasteiger partial charge is 0.363 e. The monoisotopic (exact) mass is 322 g/mol. The number of nitrogens with zero attached hydrogens (tertiary/aromatic N) is 2. The normalized spacial score (nSPS) is 15.3. The summed E-state index contributed by atoms with van der Waals surface area (Å²) in [6.07, 6.45) is 1.63. The van der Waals surface area contributed by atoms with Crippen molar-refractivity contribution in [3.8, 4) is 0 Å². The van der Waals surface area contributed by atoms with Gasteiger partial charge in [0, 0.05) is 6.07 Å². The first-order valence-corrected chi connectivity index (χ1v) is 7.29. The number of benzene rings is 2. The molecule has 120 valence electrons. The number of esters is 1. The Kier molecular flexibility index (Phi) is 3.95. The Hall–Kier alpha value is -3.28. The molecule has 0 saturated carbocycles. The van der Waals surface area contributed by atoms with Crippen LogP contribution in [-0.2, 0) is 9.53 Å². The van der Waals surface area contributed by atoms with E-state index < -0.39 is 10.9 Å². The van der Waals surface area contributed by atoms with Gasteiger partial charge >= 0.3 is 5.97 Å². The van der Waals surface area contributed by atoms with E-state index >= 15 is 0 Å². The van der Waals surface area contributed by atoms with E-state index in [0.29, 0.717) is 0 Å². The van der Waals surface area contributed by atoms with Crippen LogP contribution in [0.3, 0.4) is 0 Å². The van der Waals surface area contributed by atoms with Crippen LogP contribution in [0.5, 0.6) is 0 Å². The van der Waals surface area contributed by atoms with E-state index in [-0.39, 0.29) is 22.8 Å². The highest BCUT2D eigenvalue weighted by molar-refractivity contribution is 6.14. The fourth-order valence-corrected chi connectivity index (χ4v) is 2.40. The Bertz CT molecular complexity index is 913. The molecule has 6 nitrogen and oxygen atoms in total. The minimum absolute atomic E-state index is 0.0520. The van der Waals surface area contributed by atoms with Crippen LogP contribution in [0.4, 0.5) is 5.69 Å². The lowest BCUT2D eigenvalue weighted by Gasteiger charge is -2.01. The lowest BCUT2D eigenvalue weighted by molar-refractivity contribution is -0.385. The average molecular weight is 322 g/mol. The van der Waals surface area contributed by atoms with Crippen molar-refractivity contribution in [3.63, 3.8) is 0 Å². The molecule has 2 aromatic rings. The molecule has 2 aromatic carbocycles. The number of hydrogen-bond acceptors (Lipinski definition) is 5. The molecule has 0 N–H and O–H groups in total. The maximum atomic E-state index is 12.1. The zero-order valence-electron chi connectivity index (χ0n) is 13.1. The molecule has 0 unspecified atom stereocenters. The van der Waals surface area contributed by atoms with Gasteiger partial charge in [-0.15, -0.1) is 0 Å². The summed E-state index contributed by atoms with van der Waals surface area (Å²) in [7, 11) is 0. The SMILES string of the molecule is Cc1ccc(C)c(/C=C2/N=C(c3ccccc3[N+](=O)[O-])OC2=O)c1. The van der Waals surface area contributed by atoms with E-state index in [9.17, 15) is 14.9 Å². The molecule has 0 radical (unpaired) electrons. The fourth-order valence-electron chi connectivity index (χ4n) is 2.40. The van der Waals surface area contributed by atoms with Crippen molar-refractivity contribution in [3.05, 3.63) is 80.5 Å². The highest BCUT2D eigenvalue weighted by Crippen LogP contribution is 2.25. The first-order chi connectivity index (χ1) is 11.5. The van der Waals surface area contributed by atoms with Gasteiger partial charge in [-0.3, -0.25) is 10.1 Å². The van der Waals surface area contributed by atoms with E-state index in [1.807, 2.05) is 32.0 Å². The van der Waals surface area contributed by atoms with Gasteiger partial charge in [0.15, 0.2) is 5.70 Å². The molecule has 0 aliphatic carbocycles. The minimum atomic E-state index is -0.621. The summed E-state index contributed by atoms with van der Waals surface area (Å²) < 4.78 is 5.13. The number of ether oxygens (including phenoxy) is 1. The van der Waals surface area contributed by atoms with E-state index in [4.69, 9.17) is 4.74 Å². The highest BCUT2D eigenvalue weighted by atomic mass is 16.6. The number of nitro groups is 1. The van der Waals surface area contributed by atoms with Crippen LogP contribution >= 0.6 is 0 Å². The number of nitro benzene ring substituents is 1. The third-order valence-corrected chi connectivity index (χ3v) is 3.68. The molecule has 0 fully saturated rings. The molecule has 0 atom stereocenters. The minimum Gasteiger partial charge on any atom is -0.402 e. The molecular weight excluding hydrogens is 308 g/mol. The molecule has 1 aliphatic rings. The predicted octanol–water partition coefficient (Wildman–Crippen LogP) is 3.56. The molecular formula is C18H14N2O4. The van der Waals surface area contributed by atoms with Gasteiger partial charge in [0.05, 0.1) is 4.92 Å². The van der Waals surface area contributed by atoms with E-state index in [1.165, 1.54) is 12.1 Å². The third kappa shape index (κ3) is 2.94. The van der Waals surface area contributed by atoms with Crippen LogP contribution in [0.2, 0.25) is 0 Å². The van der Waals surface area contributed by atoms with Crippen LogP contribution in [0.25, 0.3) is 6.08 Å². The summed E-state index contributed by atoms with van der Waals surface area (Å²) in [5.41, 5.74) is 3.06. The van der Waals surface area contributed by atoms with Gasteiger partial charge in [-0.25, -0.2) is 9.79 Å². The average Bonchev–Trinajstić information content (AvgIpc) is 2.92. The molecule has 3 rings (SSSR count). The zero-order valence-corrected chi connectivity index (χ0v) is 13.1. The Morgan fingerprint density at radius 2 is 1.92 bits per heavy atom. The number of aryl methyl sites for hydroxylation is 2. The van der Waals surface area contributed by atoms with Gasteiger partial charge in [0.25, 0.3) is 5.69 Å². The Labute approximate surface area is 138 Å². The second-order valence-corrected chi connectivity index (χ2v) is 5.47. The van der Waals surface area contributed by atoms with Crippen LogP contribution in [0, 0.1) is 24.0 Å². The maximum absolute atomic E-state index is 12.1. The Morgan fingerprint density at radius 3 is 2.67 bits per heavy atom. The second-order valence-electron chi connectivity index (χ2n) is 5.47. The molecule has 0 amide bonds. The summed E-state index contributed by atoms with van der Waals surface area (Å²) in [5.74, 6) is -0.673. The predicted molar refractivity (Wildman–Crippen MR) is 89.6 cm³/mol. The topological polar surface area (TPSA) is 81.8 Å². The number of para-hydroxylation sites is 1. The summed E-state index contributed by atoms with van der Waals surface area (Å²) >= 11 is 0. The van der Waals surface area contributed by atoms with Crippen LogP contribution in [-0.4, -0.2) is 16.8 Å². The summed E-state index contributed by atoms with van der Waals surface area (Å²) in [6.45, 7) is 3.88. The van der Waals surface area contributed by atoms with Crippen molar-refractivity contribution in [2.24, 2.45) is 4.99 Å². The molecule has 6 heteroatoms. The number of carbonyl (C=O) groups excluding carboxylic acids is 1. The van der Waals surface area contributed by atoms with Crippen LogP contribution in [0.15, 0.2) is 53.2 Å². The van der Waals surface area contributed by atoms with Crippen LogP contribution in [0.1, 0.15) is 22.3 Å². The van der Waals surface area contributed by atoms with Gasteiger partial charge < -0.3 is 4.74 Å². The van der Waals surface area contributed by atoms with Gasteiger partial charge in [-0.2, -0.15) is 0 Å². The highest BCUT2D eigenvalue weighted by Gasteiger charge is 2.28. The molecule has 0 bridgehead atoms. The van der Waals surface area contributed by atoms with Crippen molar-refractivity contribution in [1.29, 1.82) is 0 Å². The molecule has 24 heavy (non-hydrogen) atoms. The van der Waals surface area contributed by atoms with E-state index in [1.54, 1.807) is 18.2 Å². The first kappa shape index (κ1) is 15.6. The molecule has 0 aromatic heterocycles. The number of carbonyl (C=O) groups is 1. The van der Waals surface area contributed by atoms with E-state index in [0.717, 1.165) is 16.7 Å². The first-order valence-electron chi connectivity index (χ1n) is 7.29. The largest absolute Gasteiger partial charge is 0.402 e. The number of aliphatic imine (C=N–C) groups is 1. The van der Waals surface area contributed by atoms with Gasteiger partial charge in [-0.05, 0) is 37.1 Å². The lowest BCUT2D eigenvalue weighted by atomic mass is 10.0. The summed E-state index contributed by atoms with van der Waals surface area (Å²) in [4.78, 5) is 26.8. The number of rotatable bonds is 3. The molecule has 0 spiro atoms. The number of cyclic esters (lactones) is 1. The molecule has 0 saturated heterocycles.